The number of rotatable bonds is 5. The van der Waals surface area contributed by atoms with Crippen LogP contribution in [0.2, 0.25) is 0 Å². The molecule has 1 saturated heterocycles. The van der Waals surface area contributed by atoms with E-state index in [2.05, 4.69) is 4.90 Å². The van der Waals surface area contributed by atoms with Crippen molar-refractivity contribution in [2.75, 3.05) is 32.1 Å². The number of carboxylic acids is 1. The third-order valence-corrected chi connectivity index (χ3v) is 5.82. The fourth-order valence-corrected chi connectivity index (χ4v) is 3.18. The molecule has 0 bridgehead atoms. The summed E-state index contributed by atoms with van der Waals surface area (Å²) in [6.07, 6.45) is 0. The van der Waals surface area contributed by atoms with Crippen molar-refractivity contribution in [3.8, 4) is 0 Å². The fourth-order valence-electron chi connectivity index (χ4n) is 2.28. The van der Waals surface area contributed by atoms with Crippen molar-refractivity contribution in [2.24, 2.45) is 11.8 Å². The third kappa shape index (κ3) is 3.03. The van der Waals surface area contributed by atoms with E-state index in [1.54, 1.807) is 31.2 Å². The van der Waals surface area contributed by atoms with E-state index >= 15 is 0 Å². The predicted molar refractivity (Wildman–Crippen MR) is 79.8 cm³/mol. The Morgan fingerprint density at radius 1 is 1.29 bits per heavy atom. The third-order valence-electron chi connectivity index (χ3n) is 3.99. The predicted octanol–water partition coefficient (Wildman–Crippen LogP) is 1.09. The zero-order chi connectivity index (χ0) is 15.8. The van der Waals surface area contributed by atoms with E-state index in [9.17, 15) is 13.2 Å². The number of carboxylic acid groups (broad SMARTS) is 1. The Bertz CT molecular complexity index is 619. The van der Waals surface area contributed by atoms with E-state index in [4.69, 9.17) is 5.11 Å². The van der Waals surface area contributed by atoms with Gasteiger partial charge in [-0.05, 0) is 24.3 Å². The lowest BCUT2D eigenvalue weighted by atomic mass is 9.87. The van der Waals surface area contributed by atoms with Crippen LogP contribution in [0, 0.1) is 11.8 Å². The molecule has 2 rings (SSSR count). The molecule has 1 aliphatic rings. The molecule has 21 heavy (non-hydrogen) atoms. The van der Waals surface area contributed by atoms with Gasteiger partial charge in [0, 0.05) is 38.8 Å². The van der Waals surface area contributed by atoms with Gasteiger partial charge in [0.1, 0.15) is 0 Å². The van der Waals surface area contributed by atoms with Crippen molar-refractivity contribution in [2.45, 2.75) is 11.8 Å². The van der Waals surface area contributed by atoms with Crippen molar-refractivity contribution in [3.05, 3.63) is 24.3 Å². The molecule has 116 valence electrons. The molecule has 7 heteroatoms. The molecular weight excluding hydrogens is 292 g/mol. The van der Waals surface area contributed by atoms with Gasteiger partial charge in [-0.3, -0.25) is 4.79 Å². The minimum atomic E-state index is -3.41. The van der Waals surface area contributed by atoms with Crippen LogP contribution in [-0.2, 0) is 14.8 Å². The van der Waals surface area contributed by atoms with Gasteiger partial charge in [-0.15, -0.1) is 0 Å². The molecule has 0 aromatic heterocycles. The molecular formula is C14H20N2O4S. The van der Waals surface area contributed by atoms with Crippen LogP contribution in [0.4, 0.5) is 5.69 Å². The van der Waals surface area contributed by atoms with E-state index < -0.39 is 16.0 Å². The Hall–Kier alpha value is -1.60. The summed E-state index contributed by atoms with van der Waals surface area (Å²) < 4.78 is 25.1. The first-order chi connectivity index (χ1) is 9.73. The van der Waals surface area contributed by atoms with E-state index in [0.29, 0.717) is 13.1 Å². The SMILES string of the molecule is CC(C(=O)O)C1CN(c2ccc(S(=O)(=O)N(C)C)cc2)C1. The molecule has 6 nitrogen and oxygen atoms in total. The van der Waals surface area contributed by atoms with Crippen molar-refractivity contribution >= 4 is 21.7 Å². The molecule has 0 spiro atoms. The highest BCUT2D eigenvalue weighted by Gasteiger charge is 2.34. The number of aliphatic carboxylic acids is 1. The Morgan fingerprint density at radius 2 is 1.81 bits per heavy atom. The molecule has 0 saturated carbocycles. The zero-order valence-corrected chi connectivity index (χ0v) is 13.2. The second kappa shape index (κ2) is 5.65. The standard InChI is InChI=1S/C14H20N2O4S/c1-10(14(17)18)11-8-16(9-11)12-4-6-13(7-5-12)21(19,20)15(2)3/h4-7,10-11H,8-9H2,1-3H3,(H,17,18). The largest absolute Gasteiger partial charge is 0.481 e. The normalized spacial score (nSPS) is 17.6. The molecule has 1 N–H and O–H groups in total. The quantitative estimate of drug-likeness (QED) is 0.881. The Kier molecular flexibility index (Phi) is 4.25. The molecule has 1 aliphatic heterocycles. The van der Waals surface area contributed by atoms with Crippen molar-refractivity contribution in [3.63, 3.8) is 0 Å². The minimum absolute atomic E-state index is 0.146. The van der Waals surface area contributed by atoms with Crippen molar-refractivity contribution in [1.29, 1.82) is 0 Å². The van der Waals surface area contributed by atoms with Crippen molar-refractivity contribution in [1.82, 2.24) is 4.31 Å². The van der Waals surface area contributed by atoms with Gasteiger partial charge < -0.3 is 10.0 Å². The van der Waals surface area contributed by atoms with Gasteiger partial charge in [0.15, 0.2) is 0 Å². The number of carbonyl (C=O) groups is 1. The van der Waals surface area contributed by atoms with Gasteiger partial charge in [-0.25, -0.2) is 12.7 Å². The summed E-state index contributed by atoms with van der Waals surface area (Å²) in [4.78, 5) is 13.2. The average molecular weight is 312 g/mol. The maximum absolute atomic E-state index is 12.0. The number of nitrogens with zero attached hydrogens (tertiary/aromatic N) is 2. The molecule has 1 atom stereocenters. The van der Waals surface area contributed by atoms with Gasteiger partial charge in [-0.1, -0.05) is 6.92 Å². The second-order valence-corrected chi connectivity index (χ2v) is 7.73. The van der Waals surface area contributed by atoms with E-state index in [-0.39, 0.29) is 16.7 Å². The van der Waals surface area contributed by atoms with Crippen LogP contribution >= 0.6 is 0 Å². The number of hydrogen-bond acceptors (Lipinski definition) is 4. The average Bonchev–Trinajstić information content (AvgIpc) is 2.37. The second-order valence-electron chi connectivity index (χ2n) is 5.57. The molecule has 1 aromatic rings. The summed E-state index contributed by atoms with van der Waals surface area (Å²) >= 11 is 0. The Balaban J connectivity index is 2.04. The number of benzene rings is 1. The number of hydrogen-bond donors (Lipinski definition) is 1. The molecule has 0 radical (unpaired) electrons. The van der Waals surface area contributed by atoms with Crippen LogP contribution < -0.4 is 4.90 Å². The Morgan fingerprint density at radius 3 is 2.24 bits per heavy atom. The summed E-state index contributed by atoms with van der Waals surface area (Å²) in [5.41, 5.74) is 0.918. The van der Waals surface area contributed by atoms with Crippen molar-refractivity contribution < 1.29 is 18.3 Å². The number of sulfonamides is 1. The highest BCUT2D eigenvalue weighted by atomic mass is 32.2. The van der Waals surface area contributed by atoms with Gasteiger partial charge in [0.25, 0.3) is 0 Å². The van der Waals surface area contributed by atoms with Crippen LogP contribution in [0.15, 0.2) is 29.2 Å². The van der Waals surface area contributed by atoms with E-state index in [1.165, 1.54) is 18.4 Å². The van der Waals surface area contributed by atoms with Crippen LogP contribution in [0.25, 0.3) is 0 Å². The van der Waals surface area contributed by atoms with Gasteiger partial charge >= 0.3 is 5.97 Å². The van der Waals surface area contributed by atoms with Gasteiger partial charge in [0.05, 0.1) is 10.8 Å². The molecule has 1 aromatic carbocycles. The molecule has 1 unspecified atom stereocenters. The van der Waals surface area contributed by atoms with Crippen LogP contribution in [0.3, 0.4) is 0 Å². The first kappa shape index (κ1) is 15.8. The fraction of sp³-hybridized carbons (Fsp3) is 0.500. The summed E-state index contributed by atoms with van der Waals surface area (Å²) in [7, 11) is -0.413. The maximum Gasteiger partial charge on any atom is 0.306 e. The molecule has 1 fully saturated rings. The lowest BCUT2D eigenvalue weighted by molar-refractivity contribution is -0.143. The maximum atomic E-state index is 12.0. The Labute approximate surface area is 125 Å². The van der Waals surface area contributed by atoms with Gasteiger partial charge in [0.2, 0.25) is 10.0 Å². The van der Waals surface area contributed by atoms with Crippen LogP contribution in [0.5, 0.6) is 0 Å². The molecule has 0 aliphatic carbocycles. The van der Waals surface area contributed by atoms with E-state index in [0.717, 1.165) is 5.69 Å². The van der Waals surface area contributed by atoms with Crippen LogP contribution in [-0.4, -0.2) is 51.0 Å². The smallest absolute Gasteiger partial charge is 0.306 e. The van der Waals surface area contributed by atoms with Crippen LogP contribution in [0.1, 0.15) is 6.92 Å². The highest BCUT2D eigenvalue weighted by Crippen LogP contribution is 2.30. The number of anilines is 1. The highest BCUT2D eigenvalue weighted by molar-refractivity contribution is 7.89. The summed E-state index contributed by atoms with van der Waals surface area (Å²) in [5, 5.41) is 8.96. The lowest BCUT2D eigenvalue weighted by Crippen LogP contribution is -2.51. The topological polar surface area (TPSA) is 77.9 Å². The van der Waals surface area contributed by atoms with Gasteiger partial charge in [-0.2, -0.15) is 0 Å². The monoisotopic (exact) mass is 312 g/mol. The first-order valence-corrected chi connectivity index (χ1v) is 8.18. The summed E-state index contributed by atoms with van der Waals surface area (Å²) in [5.74, 6) is -0.977. The molecule has 1 heterocycles. The lowest BCUT2D eigenvalue weighted by Gasteiger charge is -2.43. The minimum Gasteiger partial charge on any atom is -0.481 e. The summed E-state index contributed by atoms with van der Waals surface area (Å²) in [6.45, 7) is 3.09. The summed E-state index contributed by atoms with van der Waals surface area (Å²) in [6, 6.07) is 6.69. The van der Waals surface area contributed by atoms with E-state index in [1.807, 2.05) is 0 Å². The molecule has 0 amide bonds. The zero-order valence-electron chi connectivity index (χ0n) is 12.4. The first-order valence-electron chi connectivity index (χ1n) is 6.74.